The number of fused-ring (bicyclic) bond motifs is 1. The van der Waals surface area contributed by atoms with E-state index < -0.39 is 11.2 Å². The van der Waals surface area contributed by atoms with Crippen LogP contribution in [0.5, 0.6) is 0 Å². The van der Waals surface area contributed by atoms with E-state index in [9.17, 15) is 9.59 Å². The molecule has 2 aromatic carbocycles. The number of amides is 2. The fraction of sp³-hybridized carbons (Fsp3) is 0.486. The molecule has 6 rings (SSSR count). The van der Waals surface area contributed by atoms with Crippen LogP contribution in [0.25, 0.3) is 32.6 Å². The summed E-state index contributed by atoms with van der Waals surface area (Å²) >= 11 is 1.62. The Labute approximate surface area is 300 Å². The monoisotopic (exact) mass is 712 g/mol. The molecule has 2 saturated heterocycles. The van der Waals surface area contributed by atoms with Crippen LogP contribution in [0.15, 0.2) is 48.7 Å². The molecule has 2 N–H and O–H groups in total. The third-order valence-corrected chi connectivity index (χ3v) is 9.18. The van der Waals surface area contributed by atoms with E-state index in [4.69, 9.17) is 14.5 Å². The largest absolute Gasteiger partial charge is 0.444 e. The van der Waals surface area contributed by atoms with E-state index in [0.29, 0.717) is 13.1 Å². The van der Waals surface area contributed by atoms with Crippen molar-refractivity contribution in [3.05, 3.63) is 54.5 Å². The number of hydrogen-bond acceptors (Lipinski definition) is 8. The topological polar surface area (TPSA) is 113 Å². The number of carbonyl (C=O) groups excluding carboxylic acids is 2. The molecule has 2 amide bonds. The highest BCUT2D eigenvalue weighted by molar-refractivity contribution is 7.59. The molecule has 4 heterocycles. The zero-order chi connectivity index (χ0) is 32.6. The Bertz CT molecular complexity index is 1710. The van der Waals surface area contributed by atoms with Crippen LogP contribution in [0.1, 0.15) is 79.1 Å². The fourth-order valence-electron chi connectivity index (χ4n) is 6.08. The van der Waals surface area contributed by atoms with E-state index in [2.05, 4.69) is 57.7 Å². The maximum Gasteiger partial charge on any atom is 0.410 e. The maximum absolute atomic E-state index is 12.8. The average molecular weight is 713 g/mol. The third-order valence-electron chi connectivity index (χ3n) is 8.20. The van der Waals surface area contributed by atoms with Crippen LogP contribution in [-0.4, -0.2) is 73.8 Å². The van der Waals surface area contributed by atoms with Crippen LogP contribution in [0.2, 0.25) is 0 Å². The molecule has 0 spiro atoms. The summed E-state index contributed by atoms with van der Waals surface area (Å²) in [7, 11) is 0. The lowest BCUT2D eigenvalue weighted by molar-refractivity contribution is 0.0213. The first-order valence-electron chi connectivity index (χ1n) is 16.1. The van der Waals surface area contributed by atoms with E-state index in [-0.39, 0.29) is 51.3 Å². The highest BCUT2D eigenvalue weighted by Crippen LogP contribution is 2.34. The van der Waals surface area contributed by atoms with Gasteiger partial charge in [-0.3, -0.25) is 4.90 Å². The highest BCUT2D eigenvalue weighted by atomic mass is 32.1. The minimum Gasteiger partial charge on any atom is -0.444 e. The molecule has 13 heteroatoms. The lowest BCUT2D eigenvalue weighted by atomic mass is 10.0. The van der Waals surface area contributed by atoms with E-state index in [0.717, 1.165) is 75.8 Å². The second kappa shape index (κ2) is 15.0. The van der Waals surface area contributed by atoms with Crippen LogP contribution in [0.4, 0.5) is 14.7 Å². The number of benzene rings is 2. The van der Waals surface area contributed by atoms with Crippen LogP contribution in [0.3, 0.4) is 0 Å². The number of ether oxygens (including phenoxy) is 2. The lowest BCUT2D eigenvalue weighted by Gasteiger charge is -2.28. The first-order chi connectivity index (χ1) is 21.8. The van der Waals surface area contributed by atoms with E-state index in [1.54, 1.807) is 16.2 Å². The Morgan fingerprint density at radius 2 is 1.48 bits per heavy atom. The number of carbonyl (C=O) groups is 2. The zero-order valence-electron chi connectivity index (χ0n) is 28.6. The smallest absolute Gasteiger partial charge is 0.410 e. The number of rotatable bonds is 6. The minimum absolute atomic E-state index is 0. The first kappa shape index (κ1) is 37.4. The number of hydrogen-bond donors (Lipinski definition) is 2. The van der Waals surface area contributed by atoms with Crippen molar-refractivity contribution in [3.63, 3.8) is 0 Å². The van der Waals surface area contributed by atoms with E-state index in [1.807, 2.05) is 52.6 Å². The Morgan fingerprint density at radius 3 is 2.17 bits per heavy atom. The molecule has 0 unspecified atom stereocenters. The van der Waals surface area contributed by atoms with Crippen LogP contribution in [-0.2, 0) is 9.47 Å². The Hall–Kier alpha value is -3.42. The molecule has 2 aromatic heterocycles. The van der Waals surface area contributed by atoms with E-state index >= 15 is 0 Å². The van der Waals surface area contributed by atoms with Crippen molar-refractivity contribution in [3.8, 4) is 22.4 Å². The second-order valence-electron chi connectivity index (χ2n) is 14.1. The predicted molar refractivity (Wildman–Crippen MR) is 203 cm³/mol. The first-order valence-corrected chi connectivity index (χ1v) is 16.9. The lowest BCUT2D eigenvalue weighted by Crippen LogP contribution is -2.42. The van der Waals surface area contributed by atoms with Gasteiger partial charge in [-0.15, -0.1) is 0 Å². The molecule has 4 aromatic rings. The van der Waals surface area contributed by atoms with Crippen molar-refractivity contribution in [1.82, 2.24) is 24.8 Å². The van der Waals surface area contributed by atoms with Gasteiger partial charge in [-0.05, 0) is 96.0 Å². The zero-order valence-corrected chi connectivity index (χ0v) is 31.4. The summed E-state index contributed by atoms with van der Waals surface area (Å²) in [6, 6.07) is 14.7. The molecule has 10 nitrogen and oxygen atoms in total. The van der Waals surface area contributed by atoms with Gasteiger partial charge >= 0.3 is 12.2 Å². The number of imidazole rings is 1. The number of anilines is 1. The summed E-state index contributed by atoms with van der Waals surface area (Å²) < 4.78 is 12.3. The summed E-state index contributed by atoms with van der Waals surface area (Å²) in [5.74, 6) is 0.785. The second-order valence-corrected chi connectivity index (χ2v) is 15.2. The van der Waals surface area contributed by atoms with Gasteiger partial charge in [0.25, 0.3) is 0 Å². The average Bonchev–Trinajstić information content (AvgIpc) is 3.80. The van der Waals surface area contributed by atoms with Crippen molar-refractivity contribution in [1.29, 1.82) is 0 Å². The van der Waals surface area contributed by atoms with Crippen molar-refractivity contribution in [2.24, 2.45) is 0 Å². The van der Waals surface area contributed by atoms with Crippen LogP contribution >= 0.6 is 38.3 Å². The number of H-pyrrole nitrogens is 1. The molecule has 260 valence electrons. The highest BCUT2D eigenvalue weighted by Gasteiger charge is 2.35. The van der Waals surface area contributed by atoms with Gasteiger partial charge in [0.05, 0.1) is 34.2 Å². The summed E-state index contributed by atoms with van der Waals surface area (Å²) in [5, 5.41) is 4.32. The van der Waals surface area contributed by atoms with Crippen LogP contribution in [0, 0.1) is 0 Å². The molecule has 2 atom stereocenters. The van der Waals surface area contributed by atoms with Gasteiger partial charge in [0.2, 0.25) is 0 Å². The molecule has 2 aliphatic rings. The van der Waals surface area contributed by atoms with Crippen molar-refractivity contribution in [2.75, 3.05) is 25.0 Å². The predicted octanol–water partition coefficient (Wildman–Crippen LogP) is 8.46. The van der Waals surface area contributed by atoms with Gasteiger partial charge in [0, 0.05) is 19.6 Å². The summed E-state index contributed by atoms with van der Waals surface area (Å²) in [6.07, 6.45) is 4.99. The van der Waals surface area contributed by atoms with Gasteiger partial charge < -0.3 is 24.7 Å². The number of aromatic amines is 1. The molecule has 2 aliphatic heterocycles. The molecular weight excluding hydrogens is 665 g/mol. The molecule has 48 heavy (non-hydrogen) atoms. The maximum atomic E-state index is 12.8. The molecule has 0 saturated carbocycles. The van der Waals surface area contributed by atoms with Gasteiger partial charge in [0.15, 0.2) is 5.13 Å². The fourth-order valence-corrected chi connectivity index (χ4v) is 6.99. The minimum atomic E-state index is -0.536. The van der Waals surface area contributed by atoms with Gasteiger partial charge in [-0.1, -0.05) is 41.7 Å². The van der Waals surface area contributed by atoms with E-state index in [1.165, 1.54) is 0 Å². The number of nitrogens with zero attached hydrogens (tertiary/aromatic N) is 4. The van der Waals surface area contributed by atoms with Crippen molar-refractivity contribution >= 4 is 65.9 Å². The van der Waals surface area contributed by atoms with Crippen molar-refractivity contribution in [2.45, 2.75) is 90.5 Å². The molecular formula is C35H48N6O4S3. The molecule has 2 fully saturated rings. The number of likely N-dealkylation sites (tertiary alicyclic amines) is 2. The summed E-state index contributed by atoms with van der Waals surface area (Å²) in [5.41, 5.74) is 4.07. The number of aromatic nitrogens is 3. The number of thiazole rings is 1. The summed E-state index contributed by atoms with van der Waals surface area (Å²) in [6.45, 7) is 13.4. The molecule has 0 bridgehead atoms. The quantitative estimate of drug-likeness (QED) is 0.206. The molecule has 0 aliphatic carbocycles. The van der Waals surface area contributed by atoms with Gasteiger partial charge in [-0.2, -0.15) is 27.0 Å². The van der Waals surface area contributed by atoms with Gasteiger partial charge in [-0.25, -0.2) is 19.6 Å². The SMILES string of the molecule is CC(C)(C)OC(=O)N1CCC[C@H]1CNc1nc2ccc(-c3ccc(-c4cnc([C@@H]5CCCN5C(=O)OC(C)(C)C)[nH]4)cc3)cc2s1.S.S. The number of nitrogens with one attached hydrogen (secondary N) is 2. The Morgan fingerprint density at radius 1 is 0.875 bits per heavy atom. The Kier molecular flexibility index (Phi) is 11.7. The van der Waals surface area contributed by atoms with Gasteiger partial charge in [0.1, 0.15) is 17.0 Å². The van der Waals surface area contributed by atoms with Crippen molar-refractivity contribution < 1.29 is 19.1 Å². The normalized spacial score (nSPS) is 18.0. The standard InChI is InChI=1S/C35H44N6O4S.2H2S/c1-34(2,3)44-32(42)40-17-7-9-25(40)20-37-31-39-26-16-15-24(19-29(26)46-31)22-11-13-23(14-12-22)27-21-36-30(38-27)28-10-8-18-41(28)33(43)45-35(4,5)6;;/h11-16,19,21,25,28H,7-10,17-18,20H2,1-6H3,(H,36,38)(H,37,39);2*1H2/t25-,28-;;/m0../s1. The Balaban J connectivity index is 0.00000260. The third kappa shape index (κ3) is 8.78. The van der Waals surface area contributed by atoms with Crippen LogP contribution < -0.4 is 5.32 Å². The summed E-state index contributed by atoms with van der Waals surface area (Å²) in [4.78, 5) is 41.9. The molecule has 0 radical (unpaired) electrons.